The molecule has 6 rings (SSSR count). The maximum atomic E-state index is 14.7. The largest absolute Gasteiger partial charge is 0.351 e. The van der Waals surface area contributed by atoms with E-state index in [1.807, 2.05) is 4.68 Å². The molecule has 2 aromatic rings. The van der Waals surface area contributed by atoms with Gasteiger partial charge in [-0.05, 0) is 69.6 Å². The molecular formula is C23H32FN7. The zero-order valence-electron chi connectivity index (χ0n) is 18.0. The van der Waals surface area contributed by atoms with Gasteiger partial charge in [0.1, 0.15) is 5.69 Å². The molecule has 3 saturated carbocycles. The second-order valence-electron chi connectivity index (χ2n) is 10.3. The number of halogens is 1. The van der Waals surface area contributed by atoms with Crippen LogP contribution in [0.1, 0.15) is 63.5 Å². The van der Waals surface area contributed by atoms with Crippen LogP contribution in [0.5, 0.6) is 0 Å². The first-order chi connectivity index (χ1) is 15.1. The lowest BCUT2D eigenvalue weighted by atomic mass is 9.84. The van der Waals surface area contributed by atoms with Gasteiger partial charge in [-0.15, -0.1) is 0 Å². The lowest BCUT2D eigenvalue weighted by Crippen LogP contribution is -2.52. The normalized spacial score (nSPS) is 31.2. The SMILES string of the molecule is NC1CC(NC2CCC(Nc3ncc(F)c(-c4cnn5c4CC4(CC5)CC4)n3)CC2)C1. The molecule has 3 fully saturated rings. The summed E-state index contributed by atoms with van der Waals surface area (Å²) in [5, 5.41) is 11.7. The minimum absolute atomic E-state index is 0.329. The smallest absolute Gasteiger partial charge is 0.223 e. The van der Waals surface area contributed by atoms with Crippen molar-refractivity contribution < 1.29 is 4.39 Å². The molecule has 0 saturated heterocycles. The molecular weight excluding hydrogens is 393 g/mol. The Kier molecular flexibility index (Phi) is 4.76. The molecule has 7 nitrogen and oxygen atoms in total. The Morgan fingerprint density at radius 2 is 1.81 bits per heavy atom. The van der Waals surface area contributed by atoms with Crippen LogP contribution in [-0.2, 0) is 13.0 Å². The third-order valence-corrected chi connectivity index (χ3v) is 8.01. The first-order valence-electron chi connectivity index (χ1n) is 11.9. The summed E-state index contributed by atoms with van der Waals surface area (Å²) in [4.78, 5) is 8.84. The van der Waals surface area contributed by atoms with Crippen LogP contribution in [-0.4, -0.2) is 43.9 Å². The molecule has 4 N–H and O–H groups in total. The summed E-state index contributed by atoms with van der Waals surface area (Å²) in [7, 11) is 0. The second-order valence-corrected chi connectivity index (χ2v) is 10.3. The number of rotatable bonds is 5. The van der Waals surface area contributed by atoms with E-state index in [1.165, 1.54) is 25.5 Å². The average molecular weight is 426 g/mol. The van der Waals surface area contributed by atoms with Gasteiger partial charge in [0.05, 0.1) is 12.4 Å². The van der Waals surface area contributed by atoms with Crippen LogP contribution in [0.2, 0.25) is 0 Å². The summed E-state index contributed by atoms with van der Waals surface area (Å²) in [6.07, 6.45) is 14.4. The first-order valence-corrected chi connectivity index (χ1v) is 11.9. The highest BCUT2D eigenvalue weighted by Crippen LogP contribution is 2.54. The van der Waals surface area contributed by atoms with E-state index in [0.717, 1.165) is 62.7 Å². The predicted molar refractivity (Wildman–Crippen MR) is 117 cm³/mol. The van der Waals surface area contributed by atoms with Gasteiger partial charge in [-0.25, -0.2) is 14.4 Å². The maximum absolute atomic E-state index is 14.7. The van der Waals surface area contributed by atoms with Gasteiger partial charge in [0, 0.05) is 42.0 Å². The fraction of sp³-hybridized carbons (Fsp3) is 0.696. The van der Waals surface area contributed by atoms with E-state index in [2.05, 4.69) is 25.7 Å². The molecule has 0 atom stereocenters. The molecule has 4 aliphatic rings. The number of anilines is 1. The molecule has 31 heavy (non-hydrogen) atoms. The number of aryl methyl sites for hydroxylation is 1. The van der Waals surface area contributed by atoms with E-state index in [-0.39, 0.29) is 5.82 Å². The number of nitrogens with zero attached hydrogens (tertiary/aromatic N) is 4. The minimum atomic E-state index is -0.372. The number of nitrogens with one attached hydrogen (secondary N) is 2. The van der Waals surface area contributed by atoms with Gasteiger partial charge >= 0.3 is 0 Å². The van der Waals surface area contributed by atoms with Crippen molar-refractivity contribution in [3.63, 3.8) is 0 Å². The summed E-state index contributed by atoms with van der Waals surface area (Å²) >= 11 is 0. The summed E-state index contributed by atoms with van der Waals surface area (Å²) in [6.45, 7) is 0.928. The van der Waals surface area contributed by atoms with Gasteiger partial charge in [-0.3, -0.25) is 4.68 Å². The third-order valence-electron chi connectivity index (χ3n) is 8.01. The van der Waals surface area contributed by atoms with E-state index in [1.54, 1.807) is 6.20 Å². The lowest BCUT2D eigenvalue weighted by Gasteiger charge is -2.38. The Morgan fingerprint density at radius 1 is 1.03 bits per heavy atom. The van der Waals surface area contributed by atoms with E-state index in [4.69, 9.17) is 5.73 Å². The molecule has 2 aromatic heterocycles. The van der Waals surface area contributed by atoms with Crippen LogP contribution < -0.4 is 16.4 Å². The molecule has 0 amide bonds. The summed E-state index contributed by atoms with van der Waals surface area (Å²) in [6, 6.07) is 1.89. The monoisotopic (exact) mass is 425 g/mol. The number of fused-ring (bicyclic) bond motifs is 1. The van der Waals surface area contributed by atoms with Crippen LogP contribution >= 0.6 is 0 Å². The van der Waals surface area contributed by atoms with Crippen LogP contribution in [0, 0.1) is 11.2 Å². The van der Waals surface area contributed by atoms with Crippen molar-refractivity contribution in [2.75, 3.05) is 5.32 Å². The quantitative estimate of drug-likeness (QED) is 0.682. The van der Waals surface area contributed by atoms with Crippen molar-refractivity contribution in [2.24, 2.45) is 11.1 Å². The van der Waals surface area contributed by atoms with Gasteiger partial charge in [0.25, 0.3) is 0 Å². The topological polar surface area (TPSA) is 93.7 Å². The molecule has 3 aliphatic carbocycles. The molecule has 1 aliphatic heterocycles. The standard InChI is InChI=1S/C23H32FN7/c24-19-13-26-22(29-16-3-1-15(2-4-16)28-17-9-14(25)10-17)30-21(19)18-12-27-31-8-7-23(5-6-23)11-20(18)31/h12-17,28H,1-11,25H2,(H,26,29,30). The molecule has 3 heterocycles. The molecule has 166 valence electrons. The van der Waals surface area contributed by atoms with Gasteiger partial charge in [0.2, 0.25) is 5.95 Å². The Balaban J connectivity index is 1.12. The fourth-order valence-electron chi connectivity index (χ4n) is 5.72. The van der Waals surface area contributed by atoms with Crippen molar-refractivity contribution >= 4 is 5.95 Å². The maximum Gasteiger partial charge on any atom is 0.223 e. The first kappa shape index (κ1) is 19.6. The third kappa shape index (κ3) is 3.84. The van der Waals surface area contributed by atoms with Crippen molar-refractivity contribution in [3.8, 4) is 11.3 Å². The Bertz CT molecular complexity index is 955. The highest BCUT2D eigenvalue weighted by atomic mass is 19.1. The predicted octanol–water partition coefficient (Wildman–Crippen LogP) is 3.01. The van der Waals surface area contributed by atoms with Crippen molar-refractivity contribution in [3.05, 3.63) is 23.9 Å². The number of nitrogens with two attached hydrogens (primary N) is 1. The molecule has 0 radical (unpaired) electrons. The van der Waals surface area contributed by atoms with Gasteiger partial charge in [-0.1, -0.05) is 0 Å². The fourth-order valence-corrected chi connectivity index (χ4v) is 5.72. The number of aromatic nitrogens is 4. The molecule has 1 spiro atoms. The molecule has 0 unspecified atom stereocenters. The zero-order chi connectivity index (χ0) is 21.0. The number of hydrogen-bond acceptors (Lipinski definition) is 6. The van der Waals surface area contributed by atoms with E-state index < -0.39 is 0 Å². The van der Waals surface area contributed by atoms with E-state index >= 15 is 0 Å². The van der Waals surface area contributed by atoms with Gasteiger partial charge in [-0.2, -0.15) is 5.10 Å². The van der Waals surface area contributed by atoms with Crippen LogP contribution in [0.15, 0.2) is 12.4 Å². The highest BCUT2D eigenvalue weighted by molar-refractivity contribution is 5.63. The summed E-state index contributed by atoms with van der Waals surface area (Å²) in [5.74, 6) is 0.151. The molecule has 8 heteroatoms. The Morgan fingerprint density at radius 3 is 2.55 bits per heavy atom. The highest BCUT2D eigenvalue weighted by Gasteiger charge is 2.46. The molecule has 0 bridgehead atoms. The zero-order valence-corrected chi connectivity index (χ0v) is 18.0. The summed E-state index contributed by atoms with van der Waals surface area (Å²) < 4.78 is 16.8. The van der Waals surface area contributed by atoms with Crippen LogP contribution in [0.4, 0.5) is 10.3 Å². The van der Waals surface area contributed by atoms with Crippen LogP contribution in [0.25, 0.3) is 11.3 Å². The molecule has 0 aromatic carbocycles. The average Bonchev–Trinajstić information content (AvgIpc) is 3.37. The Hall–Kier alpha value is -2.06. The van der Waals surface area contributed by atoms with E-state index in [9.17, 15) is 4.39 Å². The van der Waals surface area contributed by atoms with Crippen molar-refractivity contribution in [1.29, 1.82) is 0 Å². The Labute approximate surface area is 182 Å². The van der Waals surface area contributed by atoms with Crippen molar-refractivity contribution in [2.45, 2.75) is 94.9 Å². The van der Waals surface area contributed by atoms with Crippen LogP contribution in [0.3, 0.4) is 0 Å². The lowest BCUT2D eigenvalue weighted by molar-refractivity contribution is 0.236. The van der Waals surface area contributed by atoms with Crippen molar-refractivity contribution in [1.82, 2.24) is 25.1 Å². The minimum Gasteiger partial charge on any atom is -0.351 e. The van der Waals surface area contributed by atoms with Gasteiger partial charge in [0.15, 0.2) is 5.82 Å². The van der Waals surface area contributed by atoms with E-state index in [0.29, 0.717) is 41.2 Å². The van der Waals surface area contributed by atoms with Gasteiger partial charge < -0.3 is 16.4 Å². The number of hydrogen-bond donors (Lipinski definition) is 3. The second kappa shape index (κ2) is 7.52. The summed E-state index contributed by atoms with van der Waals surface area (Å²) in [5.41, 5.74) is 8.69.